The van der Waals surface area contributed by atoms with E-state index >= 15 is 0 Å². The summed E-state index contributed by atoms with van der Waals surface area (Å²) in [5.74, 6) is -0.817. The number of nitriles is 1. The first-order chi connectivity index (χ1) is 19.6. The molecule has 3 aliphatic heterocycles. The van der Waals surface area contributed by atoms with Crippen molar-refractivity contribution in [3.05, 3.63) is 59.2 Å². The van der Waals surface area contributed by atoms with Crippen LogP contribution in [-0.4, -0.2) is 66.2 Å². The fourth-order valence-electron chi connectivity index (χ4n) is 5.78. The number of rotatable bonds is 8. The van der Waals surface area contributed by atoms with E-state index in [9.17, 15) is 32.8 Å². The Hall–Kier alpha value is -4.11. The van der Waals surface area contributed by atoms with Gasteiger partial charge in [-0.2, -0.15) is 5.26 Å². The number of piperidine rings is 2. The molecule has 0 bridgehead atoms. The van der Waals surface area contributed by atoms with Crippen LogP contribution in [0.15, 0.2) is 42.5 Å². The number of nitrogens with zero attached hydrogens (tertiary/aromatic N) is 3. The quantitative estimate of drug-likeness (QED) is 0.381. The SMILES string of the molecule is N#CC1(c2cccc(OC(F)(F)F)c2)CCN(CCCOc2cccc3c2CN(C2CCC(=O)NC2=O)C3=O)CC1. The summed E-state index contributed by atoms with van der Waals surface area (Å²) in [4.78, 5) is 40.5. The van der Waals surface area contributed by atoms with Crippen LogP contribution in [0.25, 0.3) is 0 Å². The second kappa shape index (κ2) is 11.4. The number of amides is 3. The van der Waals surface area contributed by atoms with Gasteiger partial charge in [0, 0.05) is 24.1 Å². The molecule has 0 saturated carbocycles. The average molecular weight is 571 g/mol. The highest BCUT2D eigenvalue weighted by atomic mass is 19.4. The number of nitrogens with one attached hydrogen (secondary N) is 1. The standard InChI is InChI=1S/C29H29F3N4O5/c30-29(31,32)41-20-5-1-4-19(16-20)28(18-33)10-13-35(14-11-28)12-3-15-40-24-7-2-6-21-22(24)17-36(27(21)39)23-8-9-25(37)34-26(23)38/h1-2,4-7,16,23H,3,8-15,17H2,(H,34,37,38). The molecule has 0 spiro atoms. The molecule has 2 aromatic rings. The van der Waals surface area contributed by atoms with Crippen LogP contribution >= 0.6 is 0 Å². The summed E-state index contributed by atoms with van der Waals surface area (Å²) in [5, 5.41) is 12.3. The second-order valence-corrected chi connectivity index (χ2v) is 10.5. The van der Waals surface area contributed by atoms with E-state index in [-0.39, 0.29) is 37.0 Å². The summed E-state index contributed by atoms with van der Waals surface area (Å²) in [7, 11) is 0. The first-order valence-corrected chi connectivity index (χ1v) is 13.5. The van der Waals surface area contributed by atoms with Crippen molar-refractivity contribution in [2.75, 3.05) is 26.2 Å². The molecule has 0 radical (unpaired) electrons. The number of imide groups is 1. The molecule has 12 heteroatoms. The summed E-state index contributed by atoms with van der Waals surface area (Å²) < 4.78 is 48.0. The lowest BCUT2D eigenvalue weighted by Crippen LogP contribution is -2.52. The van der Waals surface area contributed by atoms with Crippen molar-refractivity contribution in [3.63, 3.8) is 0 Å². The van der Waals surface area contributed by atoms with E-state index in [1.807, 2.05) is 0 Å². The maximum Gasteiger partial charge on any atom is 0.573 e. The number of carbonyl (C=O) groups is 3. The van der Waals surface area contributed by atoms with E-state index in [0.29, 0.717) is 62.4 Å². The molecule has 0 aromatic heterocycles. The zero-order valence-corrected chi connectivity index (χ0v) is 22.2. The Bertz CT molecular complexity index is 1380. The summed E-state index contributed by atoms with van der Waals surface area (Å²) >= 11 is 0. The molecular weight excluding hydrogens is 541 g/mol. The number of alkyl halides is 3. The summed E-state index contributed by atoms with van der Waals surface area (Å²) in [6.45, 7) is 2.53. The van der Waals surface area contributed by atoms with Crippen LogP contribution < -0.4 is 14.8 Å². The van der Waals surface area contributed by atoms with Gasteiger partial charge >= 0.3 is 6.36 Å². The molecule has 0 aliphatic carbocycles. The molecule has 2 aromatic carbocycles. The van der Waals surface area contributed by atoms with E-state index in [4.69, 9.17) is 4.74 Å². The Morgan fingerprint density at radius 1 is 1.10 bits per heavy atom. The van der Waals surface area contributed by atoms with Gasteiger partial charge in [-0.3, -0.25) is 19.7 Å². The molecule has 41 heavy (non-hydrogen) atoms. The molecule has 3 aliphatic rings. The molecule has 1 N–H and O–H groups in total. The molecular formula is C29H29F3N4O5. The van der Waals surface area contributed by atoms with Crippen molar-refractivity contribution in [1.82, 2.24) is 15.1 Å². The van der Waals surface area contributed by atoms with Gasteiger partial charge in [0.1, 0.15) is 17.5 Å². The number of ether oxygens (including phenoxy) is 2. The van der Waals surface area contributed by atoms with E-state index in [1.165, 1.54) is 23.1 Å². The van der Waals surface area contributed by atoms with Crippen LogP contribution in [0.3, 0.4) is 0 Å². The van der Waals surface area contributed by atoms with Gasteiger partial charge in [0.05, 0.1) is 24.6 Å². The molecule has 3 heterocycles. The maximum atomic E-state index is 13.0. The van der Waals surface area contributed by atoms with Crippen LogP contribution in [0.5, 0.6) is 11.5 Å². The predicted molar refractivity (Wildman–Crippen MR) is 139 cm³/mol. The Kier molecular flexibility index (Phi) is 7.91. The predicted octanol–water partition coefficient (Wildman–Crippen LogP) is 3.67. The van der Waals surface area contributed by atoms with Gasteiger partial charge in [0.2, 0.25) is 11.8 Å². The molecule has 1 atom stereocenters. The van der Waals surface area contributed by atoms with Crippen molar-refractivity contribution < 1.29 is 37.0 Å². The lowest BCUT2D eigenvalue weighted by atomic mass is 9.74. The lowest BCUT2D eigenvalue weighted by molar-refractivity contribution is -0.274. The smallest absolute Gasteiger partial charge is 0.493 e. The van der Waals surface area contributed by atoms with Gasteiger partial charge in [-0.1, -0.05) is 18.2 Å². The highest BCUT2D eigenvalue weighted by Crippen LogP contribution is 2.38. The van der Waals surface area contributed by atoms with Gasteiger partial charge in [-0.25, -0.2) is 0 Å². The first kappa shape index (κ1) is 28.4. The van der Waals surface area contributed by atoms with Crippen LogP contribution in [0.1, 0.15) is 53.6 Å². The van der Waals surface area contributed by atoms with Crippen LogP contribution in [-0.2, 0) is 21.5 Å². The van der Waals surface area contributed by atoms with Gasteiger partial charge in [0.15, 0.2) is 0 Å². The Balaban J connectivity index is 1.13. The minimum atomic E-state index is -4.80. The van der Waals surface area contributed by atoms with Crippen LogP contribution in [0.4, 0.5) is 13.2 Å². The minimum absolute atomic E-state index is 0.185. The normalized spacial score (nSPS) is 20.8. The van der Waals surface area contributed by atoms with E-state index in [0.717, 1.165) is 5.56 Å². The van der Waals surface area contributed by atoms with Crippen molar-refractivity contribution in [2.24, 2.45) is 0 Å². The molecule has 3 amide bonds. The van der Waals surface area contributed by atoms with Gasteiger partial charge in [-0.05, 0) is 68.6 Å². The topological polar surface area (TPSA) is 112 Å². The Morgan fingerprint density at radius 3 is 2.56 bits per heavy atom. The largest absolute Gasteiger partial charge is 0.573 e. The van der Waals surface area contributed by atoms with Crippen molar-refractivity contribution >= 4 is 17.7 Å². The average Bonchev–Trinajstić information content (AvgIpc) is 3.27. The minimum Gasteiger partial charge on any atom is -0.493 e. The van der Waals surface area contributed by atoms with E-state index in [1.54, 1.807) is 24.3 Å². The monoisotopic (exact) mass is 570 g/mol. The number of fused-ring (bicyclic) bond motifs is 1. The third-order valence-electron chi connectivity index (χ3n) is 7.96. The van der Waals surface area contributed by atoms with Crippen molar-refractivity contribution in [1.29, 1.82) is 5.26 Å². The second-order valence-electron chi connectivity index (χ2n) is 10.5. The number of hydrogen-bond donors (Lipinski definition) is 1. The molecule has 9 nitrogen and oxygen atoms in total. The third-order valence-corrected chi connectivity index (χ3v) is 7.96. The third kappa shape index (κ3) is 6.15. The van der Waals surface area contributed by atoms with Crippen LogP contribution in [0, 0.1) is 11.3 Å². The van der Waals surface area contributed by atoms with Crippen LogP contribution in [0.2, 0.25) is 0 Å². The summed E-state index contributed by atoms with van der Waals surface area (Å²) in [6, 6.07) is 12.5. The maximum absolute atomic E-state index is 13.0. The highest BCUT2D eigenvalue weighted by molar-refractivity contribution is 6.05. The first-order valence-electron chi connectivity index (χ1n) is 13.5. The van der Waals surface area contributed by atoms with E-state index < -0.39 is 23.7 Å². The number of hydrogen-bond acceptors (Lipinski definition) is 7. The summed E-state index contributed by atoms with van der Waals surface area (Å²) in [6.07, 6.45) is -2.69. The molecule has 1 unspecified atom stereocenters. The zero-order valence-electron chi connectivity index (χ0n) is 22.2. The van der Waals surface area contributed by atoms with Crippen molar-refractivity contribution in [3.8, 4) is 17.6 Å². The van der Waals surface area contributed by atoms with Gasteiger partial charge < -0.3 is 19.3 Å². The number of benzene rings is 2. The summed E-state index contributed by atoms with van der Waals surface area (Å²) in [5.41, 5.74) is 0.837. The number of halogens is 3. The Labute approximate surface area is 234 Å². The highest BCUT2D eigenvalue weighted by Gasteiger charge is 2.40. The molecule has 2 saturated heterocycles. The fraction of sp³-hybridized carbons (Fsp3) is 0.448. The lowest BCUT2D eigenvalue weighted by Gasteiger charge is -2.37. The Morgan fingerprint density at radius 2 is 1.85 bits per heavy atom. The number of likely N-dealkylation sites (tertiary alicyclic amines) is 1. The van der Waals surface area contributed by atoms with Gasteiger partial charge in [0.25, 0.3) is 5.91 Å². The fourth-order valence-corrected chi connectivity index (χ4v) is 5.78. The molecule has 5 rings (SSSR count). The number of carbonyl (C=O) groups excluding carboxylic acids is 3. The van der Waals surface area contributed by atoms with Crippen molar-refractivity contribution in [2.45, 2.75) is 56.5 Å². The zero-order chi connectivity index (χ0) is 29.2. The van der Waals surface area contributed by atoms with Gasteiger partial charge in [-0.15, -0.1) is 13.2 Å². The van der Waals surface area contributed by atoms with E-state index in [2.05, 4.69) is 21.0 Å². The molecule has 216 valence electrons. The molecule has 2 fully saturated rings.